The van der Waals surface area contributed by atoms with Gasteiger partial charge in [0.25, 0.3) is 0 Å². The summed E-state index contributed by atoms with van der Waals surface area (Å²) in [5.41, 5.74) is -0.423. The highest BCUT2D eigenvalue weighted by atomic mass is 16.6. The van der Waals surface area contributed by atoms with E-state index >= 15 is 0 Å². The van der Waals surface area contributed by atoms with Gasteiger partial charge in [-0.05, 0) is 33.1 Å². The third-order valence-corrected chi connectivity index (χ3v) is 2.69. The van der Waals surface area contributed by atoms with E-state index in [1.807, 2.05) is 20.8 Å². The van der Waals surface area contributed by atoms with Crippen LogP contribution < -0.4 is 10.6 Å². The van der Waals surface area contributed by atoms with Crippen molar-refractivity contribution in [3.8, 4) is 0 Å². The monoisotopic (exact) mass is 228 g/mol. The lowest BCUT2D eigenvalue weighted by atomic mass is 10.0. The Morgan fingerprint density at radius 2 is 2.06 bits per heavy atom. The molecule has 0 aliphatic carbocycles. The van der Waals surface area contributed by atoms with Crippen LogP contribution in [0.2, 0.25) is 0 Å². The summed E-state index contributed by atoms with van der Waals surface area (Å²) in [6.07, 6.45) is 0.667. The van der Waals surface area contributed by atoms with Crippen molar-refractivity contribution in [3.63, 3.8) is 0 Å². The molecule has 0 bridgehead atoms. The Hall–Kier alpha value is -0.770. The van der Waals surface area contributed by atoms with Gasteiger partial charge in [0.1, 0.15) is 5.60 Å². The van der Waals surface area contributed by atoms with Gasteiger partial charge in [0.05, 0.1) is 0 Å². The number of rotatable bonds is 2. The molecule has 1 fully saturated rings. The molecule has 0 radical (unpaired) electrons. The van der Waals surface area contributed by atoms with Gasteiger partial charge in [0.2, 0.25) is 0 Å². The summed E-state index contributed by atoms with van der Waals surface area (Å²) in [5, 5.41) is 6.30. The fourth-order valence-electron chi connectivity index (χ4n) is 1.86. The van der Waals surface area contributed by atoms with Crippen LogP contribution in [0.15, 0.2) is 0 Å². The molecule has 0 aromatic heterocycles. The number of nitrogens with one attached hydrogen (secondary N) is 2. The number of carbonyl (C=O) groups excluding carboxylic acids is 1. The van der Waals surface area contributed by atoms with Crippen LogP contribution in [-0.2, 0) is 4.74 Å². The van der Waals surface area contributed by atoms with E-state index in [9.17, 15) is 4.79 Å². The number of amides is 1. The summed E-state index contributed by atoms with van der Waals surface area (Å²) in [5.74, 6) is 0.602. The van der Waals surface area contributed by atoms with E-state index in [0.29, 0.717) is 12.0 Å². The zero-order chi connectivity index (χ0) is 12.3. The van der Waals surface area contributed by atoms with Crippen molar-refractivity contribution in [2.45, 2.75) is 58.7 Å². The van der Waals surface area contributed by atoms with Crippen LogP contribution in [0, 0.1) is 5.92 Å². The molecule has 1 heterocycles. The predicted octanol–water partition coefficient (Wildman–Crippen LogP) is 1.90. The Balaban J connectivity index is 2.32. The molecule has 0 aromatic rings. The van der Waals surface area contributed by atoms with Crippen molar-refractivity contribution in [2.24, 2.45) is 5.92 Å². The highest BCUT2D eigenvalue weighted by Crippen LogP contribution is 2.15. The molecular formula is C12H24N2O2. The summed E-state index contributed by atoms with van der Waals surface area (Å²) in [4.78, 5) is 11.5. The second kappa shape index (κ2) is 5.04. The van der Waals surface area contributed by atoms with Gasteiger partial charge in [-0.25, -0.2) is 4.79 Å². The quantitative estimate of drug-likeness (QED) is 0.759. The number of hydrogen-bond donors (Lipinski definition) is 2. The highest BCUT2D eigenvalue weighted by Gasteiger charge is 2.28. The van der Waals surface area contributed by atoms with Gasteiger partial charge in [-0.15, -0.1) is 0 Å². The van der Waals surface area contributed by atoms with Crippen molar-refractivity contribution in [2.75, 3.05) is 6.54 Å². The predicted molar refractivity (Wildman–Crippen MR) is 64.4 cm³/mol. The van der Waals surface area contributed by atoms with Gasteiger partial charge < -0.3 is 15.4 Å². The van der Waals surface area contributed by atoms with Crippen molar-refractivity contribution < 1.29 is 9.53 Å². The molecule has 1 saturated heterocycles. The third-order valence-electron chi connectivity index (χ3n) is 2.69. The largest absolute Gasteiger partial charge is 0.444 e. The number of ether oxygens (including phenoxy) is 1. The molecule has 0 aromatic carbocycles. The third kappa shape index (κ3) is 4.39. The number of hydrogen-bond acceptors (Lipinski definition) is 3. The lowest BCUT2D eigenvalue weighted by Gasteiger charge is -2.21. The van der Waals surface area contributed by atoms with Crippen LogP contribution in [-0.4, -0.2) is 30.3 Å². The van der Waals surface area contributed by atoms with Crippen LogP contribution in [0.4, 0.5) is 4.79 Å². The summed E-state index contributed by atoms with van der Waals surface area (Å²) < 4.78 is 5.22. The van der Waals surface area contributed by atoms with Crippen LogP contribution in [0.1, 0.15) is 41.0 Å². The van der Waals surface area contributed by atoms with Crippen molar-refractivity contribution in [1.29, 1.82) is 0 Å². The summed E-state index contributed by atoms with van der Waals surface area (Å²) in [6, 6.07) is 0.696. The smallest absolute Gasteiger partial charge is 0.407 e. The first-order chi connectivity index (χ1) is 7.28. The maximum atomic E-state index is 11.5. The summed E-state index contributed by atoms with van der Waals surface area (Å²) in [6.45, 7) is 10.8. The van der Waals surface area contributed by atoms with Gasteiger partial charge in [-0.1, -0.05) is 13.8 Å². The molecular weight excluding hydrogens is 204 g/mol. The fourth-order valence-corrected chi connectivity index (χ4v) is 1.86. The van der Waals surface area contributed by atoms with Crippen LogP contribution >= 0.6 is 0 Å². The first kappa shape index (κ1) is 13.3. The average molecular weight is 228 g/mol. The molecule has 94 valence electrons. The zero-order valence-electron chi connectivity index (χ0n) is 11.0. The Morgan fingerprint density at radius 3 is 2.50 bits per heavy atom. The number of carbonyl (C=O) groups is 1. The van der Waals surface area contributed by atoms with Crippen LogP contribution in [0.25, 0.3) is 0 Å². The minimum Gasteiger partial charge on any atom is -0.444 e. The fraction of sp³-hybridized carbons (Fsp3) is 0.917. The Morgan fingerprint density at radius 1 is 1.44 bits per heavy atom. The molecule has 4 nitrogen and oxygen atoms in total. The first-order valence-corrected chi connectivity index (χ1v) is 6.01. The van der Waals surface area contributed by atoms with E-state index < -0.39 is 5.60 Å². The van der Waals surface area contributed by atoms with Crippen molar-refractivity contribution in [1.82, 2.24) is 10.6 Å². The van der Waals surface area contributed by atoms with E-state index in [4.69, 9.17) is 4.74 Å². The SMILES string of the molecule is CC(C)[C@H]1C[C@@H](NC(=O)OC(C)(C)C)CN1. The van der Waals surface area contributed by atoms with Gasteiger partial charge in [-0.3, -0.25) is 0 Å². The molecule has 1 aliphatic rings. The van der Waals surface area contributed by atoms with E-state index in [2.05, 4.69) is 24.5 Å². The van der Waals surface area contributed by atoms with Crippen LogP contribution in [0.3, 0.4) is 0 Å². The van der Waals surface area contributed by atoms with Crippen LogP contribution in [0.5, 0.6) is 0 Å². The van der Waals surface area contributed by atoms with Crippen molar-refractivity contribution >= 4 is 6.09 Å². The van der Waals surface area contributed by atoms with Crippen molar-refractivity contribution in [3.05, 3.63) is 0 Å². The second-order valence-corrected chi connectivity index (χ2v) is 5.84. The Kier molecular flexibility index (Phi) is 4.19. The first-order valence-electron chi connectivity index (χ1n) is 6.01. The Bertz CT molecular complexity index is 246. The standard InChI is InChI=1S/C12H24N2O2/c1-8(2)10-6-9(7-13-10)14-11(15)16-12(3,4)5/h8-10,13H,6-7H2,1-5H3,(H,14,15)/t9-,10-/m1/s1. The summed E-state index contributed by atoms with van der Waals surface area (Å²) in [7, 11) is 0. The van der Waals surface area contributed by atoms with E-state index in [0.717, 1.165) is 13.0 Å². The molecule has 0 spiro atoms. The van der Waals surface area contributed by atoms with E-state index in [-0.39, 0.29) is 12.1 Å². The maximum Gasteiger partial charge on any atom is 0.407 e. The molecule has 0 unspecified atom stereocenters. The molecule has 16 heavy (non-hydrogen) atoms. The van der Waals surface area contributed by atoms with E-state index in [1.54, 1.807) is 0 Å². The average Bonchev–Trinajstić information content (AvgIpc) is 2.48. The minimum absolute atomic E-state index is 0.197. The number of alkyl carbamates (subject to hydrolysis) is 1. The molecule has 0 saturated carbocycles. The molecule has 1 aliphatic heterocycles. The van der Waals surface area contributed by atoms with Gasteiger partial charge in [-0.2, -0.15) is 0 Å². The highest BCUT2D eigenvalue weighted by molar-refractivity contribution is 5.68. The molecule has 1 rings (SSSR count). The van der Waals surface area contributed by atoms with Gasteiger partial charge in [0, 0.05) is 18.6 Å². The maximum absolute atomic E-state index is 11.5. The Labute approximate surface area is 98.1 Å². The van der Waals surface area contributed by atoms with E-state index in [1.165, 1.54) is 0 Å². The minimum atomic E-state index is -0.423. The summed E-state index contributed by atoms with van der Waals surface area (Å²) >= 11 is 0. The van der Waals surface area contributed by atoms with Gasteiger partial charge >= 0.3 is 6.09 Å². The topological polar surface area (TPSA) is 50.4 Å². The molecule has 4 heteroatoms. The second-order valence-electron chi connectivity index (χ2n) is 5.84. The zero-order valence-corrected chi connectivity index (χ0v) is 11.0. The molecule has 2 atom stereocenters. The normalized spacial score (nSPS) is 25.9. The molecule has 1 amide bonds. The lowest BCUT2D eigenvalue weighted by Crippen LogP contribution is -2.40. The molecule has 2 N–H and O–H groups in total. The lowest BCUT2D eigenvalue weighted by molar-refractivity contribution is 0.0507. The van der Waals surface area contributed by atoms with Gasteiger partial charge in [0.15, 0.2) is 0 Å².